The molecule has 0 aliphatic carbocycles. The van der Waals surface area contributed by atoms with Crippen LogP contribution in [0.25, 0.3) is 0 Å². The van der Waals surface area contributed by atoms with Crippen molar-refractivity contribution in [3.8, 4) is 0 Å². The third kappa shape index (κ3) is 32.5. The molecule has 65 heavy (non-hydrogen) atoms. The van der Waals surface area contributed by atoms with E-state index in [1.165, 1.54) is 77.0 Å². The van der Waals surface area contributed by atoms with Crippen molar-refractivity contribution in [2.75, 3.05) is 45.9 Å². The van der Waals surface area contributed by atoms with Crippen LogP contribution in [0.5, 0.6) is 0 Å². The number of carbonyl (C=O) groups excluding carboxylic acids is 1. The van der Waals surface area contributed by atoms with Gasteiger partial charge in [0, 0.05) is 19.6 Å². The summed E-state index contributed by atoms with van der Waals surface area (Å²) in [5.41, 5.74) is -1.22. The molecule has 0 rings (SSSR count). The zero-order chi connectivity index (χ0) is 48.3. The first kappa shape index (κ1) is 63.1. The van der Waals surface area contributed by atoms with Crippen molar-refractivity contribution in [3.63, 3.8) is 0 Å². The Morgan fingerprint density at radius 3 is 0.985 bits per heavy atom. The molecule has 0 fully saturated rings. The maximum Gasteiger partial charge on any atom is 0.508 e. The number of carbonyl (C=O) groups is 3. The molecule has 0 amide bonds. The van der Waals surface area contributed by atoms with Crippen molar-refractivity contribution in [2.24, 2.45) is 10.8 Å². The summed E-state index contributed by atoms with van der Waals surface area (Å²) in [5.74, 6) is -1.19. The van der Waals surface area contributed by atoms with E-state index in [2.05, 4.69) is 58.3 Å². The molecule has 0 atom stereocenters. The van der Waals surface area contributed by atoms with Gasteiger partial charge in [-0.25, -0.2) is 4.79 Å². The first-order valence-corrected chi connectivity index (χ1v) is 28.3. The van der Waals surface area contributed by atoms with Crippen LogP contribution in [0.4, 0.5) is 4.79 Å². The molecule has 0 aliphatic heterocycles. The minimum atomic E-state index is -0.611. The number of carboxylic acid groups (broad SMARTS) is 2. The van der Waals surface area contributed by atoms with Gasteiger partial charge >= 0.3 is 18.1 Å². The van der Waals surface area contributed by atoms with Crippen LogP contribution in [0, 0.1) is 10.8 Å². The number of ether oxygens (including phenoxy) is 2. The van der Waals surface area contributed by atoms with Gasteiger partial charge in [-0.1, -0.05) is 215 Å². The van der Waals surface area contributed by atoms with Gasteiger partial charge < -0.3 is 24.6 Å². The van der Waals surface area contributed by atoms with Gasteiger partial charge in [0.25, 0.3) is 0 Å². The predicted octanol–water partition coefficient (Wildman–Crippen LogP) is 16.4. The van der Waals surface area contributed by atoms with Gasteiger partial charge in [-0.3, -0.25) is 14.5 Å². The molecule has 0 aromatic rings. The highest BCUT2D eigenvalue weighted by Gasteiger charge is 2.37. The molecule has 0 aromatic heterocycles. The predicted molar refractivity (Wildman–Crippen MR) is 275 cm³/mol. The topological polar surface area (TPSA) is 117 Å². The fraction of sp³-hybridized carbons (Fsp3) is 0.946. The molecule has 0 bridgehead atoms. The smallest absolute Gasteiger partial charge is 0.481 e. The van der Waals surface area contributed by atoms with E-state index in [0.29, 0.717) is 13.2 Å². The van der Waals surface area contributed by atoms with E-state index >= 15 is 0 Å². The number of carboxylic acids is 2. The molecule has 0 saturated carbocycles. The van der Waals surface area contributed by atoms with E-state index in [-0.39, 0.29) is 6.10 Å². The number of nitrogens with zero attached hydrogens (tertiary/aromatic N) is 2. The SMILES string of the molecule is CCCCCCCC(CCCCCCC)(CCCCCCC(CCCCCCC(CCCCCCC)(CCCCCCC)C(=O)O)OC(=O)OCCN(CC)CCN(CC)CC)C(=O)O. The zero-order valence-corrected chi connectivity index (χ0v) is 44.3. The lowest BCUT2D eigenvalue weighted by Gasteiger charge is -2.30. The molecule has 9 nitrogen and oxygen atoms in total. The summed E-state index contributed by atoms with van der Waals surface area (Å²) in [6, 6.07) is 0. The maximum atomic E-state index is 13.1. The molecular formula is C56H110N2O7. The van der Waals surface area contributed by atoms with Crippen molar-refractivity contribution in [1.82, 2.24) is 9.80 Å². The molecule has 0 aromatic carbocycles. The first-order valence-electron chi connectivity index (χ1n) is 28.3. The van der Waals surface area contributed by atoms with Gasteiger partial charge in [-0.2, -0.15) is 0 Å². The average molecular weight is 924 g/mol. The second kappa shape index (κ2) is 43.4. The van der Waals surface area contributed by atoms with E-state index in [0.717, 1.165) is 187 Å². The summed E-state index contributed by atoms with van der Waals surface area (Å²) in [4.78, 5) is 43.6. The molecule has 386 valence electrons. The molecule has 0 radical (unpaired) electrons. The van der Waals surface area contributed by atoms with Crippen LogP contribution >= 0.6 is 0 Å². The van der Waals surface area contributed by atoms with Crippen LogP contribution in [-0.2, 0) is 19.1 Å². The van der Waals surface area contributed by atoms with Crippen LogP contribution in [0.1, 0.15) is 280 Å². The van der Waals surface area contributed by atoms with Crippen molar-refractivity contribution < 1.29 is 34.1 Å². The highest BCUT2D eigenvalue weighted by Crippen LogP contribution is 2.39. The third-order valence-electron chi connectivity index (χ3n) is 14.8. The van der Waals surface area contributed by atoms with E-state index < -0.39 is 28.9 Å². The van der Waals surface area contributed by atoms with Gasteiger partial charge in [0.05, 0.1) is 10.8 Å². The minimum absolute atomic E-state index is 0.221. The molecule has 0 aliphatic rings. The monoisotopic (exact) mass is 923 g/mol. The summed E-state index contributed by atoms with van der Waals surface area (Å²) in [6.45, 7) is 21.3. The number of unbranched alkanes of at least 4 members (excludes halogenated alkanes) is 22. The van der Waals surface area contributed by atoms with E-state index in [1.54, 1.807) is 0 Å². The Morgan fingerprint density at radius 1 is 0.400 bits per heavy atom. The second-order valence-corrected chi connectivity index (χ2v) is 20.0. The van der Waals surface area contributed by atoms with E-state index in [1.807, 2.05) is 0 Å². The number of hydrogen-bond donors (Lipinski definition) is 2. The standard InChI is InChI=1S/C56H110N2O7/c1-8-15-19-25-33-41-55(52(59)60,42-34-26-20-16-9-2)45-37-29-23-31-39-51(65-54(63)64-50-49-58(14-7)48-47-57(12-5)13-6)40-32-24-30-38-46-56(53(61)62,43-35-27-21-17-10-3)44-36-28-22-18-11-4/h51H,8-50H2,1-7H3,(H,59,60)(H,61,62). The van der Waals surface area contributed by atoms with Crippen LogP contribution in [0.15, 0.2) is 0 Å². The van der Waals surface area contributed by atoms with Crippen molar-refractivity contribution in [3.05, 3.63) is 0 Å². The van der Waals surface area contributed by atoms with Crippen LogP contribution in [-0.4, -0.2) is 90.1 Å². The normalized spacial score (nSPS) is 12.2. The minimum Gasteiger partial charge on any atom is -0.481 e. The second-order valence-electron chi connectivity index (χ2n) is 20.0. The van der Waals surface area contributed by atoms with E-state index in [9.17, 15) is 24.6 Å². The van der Waals surface area contributed by atoms with Gasteiger partial charge in [0.15, 0.2) is 0 Å². The van der Waals surface area contributed by atoms with Gasteiger partial charge in [0.2, 0.25) is 0 Å². The molecule has 0 unspecified atom stereocenters. The summed E-state index contributed by atoms with van der Waals surface area (Å²) in [5, 5.41) is 21.2. The lowest BCUT2D eigenvalue weighted by Crippen LogP contribution is -2.37. The Morgan fingerprint density at radius 2 is 0.692 bits per heavy atom. The lowest BCUT2D eigenvalue weighted by atomic mass is 9.74. The number of hydrogen-bond acceptors (Lipinski definition) is 7. The molecule has 0 saturated heterocycles. The Labute approximate surface area is 403 Å². The van der Waals surface area contributed by atoms with Gasteiger partial charge in [0.1, 0.15) is 12.7 Å². The molecule has 0 heterocycles. The fourth-order valence-corrected chi connectivity index (χ4v) is 9.98. The zero-order valence-electron chi connectivity index (χ0n) is 44.3. The van der Waals surface area contributed by atoms with Gasteiger partial charge in [-0.05, 0) is 83.8 Å². The number of aliphatic carboxylic acids is 2. The fourth-order valence-electron chi connectivity index (χ4n) is 9.98. The Kier molecular flexibility index (Phi) is 42.2. The highest BCUT2D eigenvalue weighted by molar-refractivity contribution is 5.75. The molecular weight excluding hydrogens is 813 g/mol. The van der Waals surface area contributed by atoms with Gasteiger partial charge in [-0.15, -0.1) is 0 Å². The largest absolute Gasteiger partial charge is 0.508 e. The lowest BCUT2D eigenvalue weighted by molar-refractivity contribution is -0.151. The van der Waals surface area contributed by atoms with E-state index in [4.69, 9.17) is 9.47 Å². The number of likely N-dealkylation sites (N-methyl/N-ethyl adjacent to an activating group) is 2. The molecule has 9 heteroatoms. The first-order chi connectivity index (χ1) is 31.5. The Hall–Kier alpha value is -1.87. The maximum absolute atomic E-state index is 13.1. The Balaban J connectivity index is 5.50. The summed E-state index contributed by atoms with van der Waals surface area (Å²) in [7, 11) is 0. The average Bonchev–Trinajstić information content (AvgIpc) is 3.29. The highest BCUT2D eigenvalue weighted by atomic mass is 16.7. The van der Waals surface area contributed by atoms with Crippen molar-refractivity contribution in [1.29, 1.82) is 0 Å². The van der Waals surface area contributed by atoms with Crippen molar-refractivity contribution in [2.45, 2.75) is 286 Å². The summed E-state index contributed by atoms with van der Waals surface area (Å²) in [6.07, 6.45) is 36.0. The number of rotatable bonds is 50. The van der Waals surface area contributed by atoms with Crippen LogP contribution in [0.3, 0.4) is 0 Å². The summed E-state index contributed by atoms with van der Waals surface area (Å²) < 4.78 is 11.7. The third-order valence-corrected chi connectivity index (χ3v) is 14.8. The quantitative estimate of drug-likeness (QED) is 0.0454. The Bertz CT molecular complexity index is 1010. The molecule has 0 spiro atoms. The summed E-state index contributed by atoms with van der Waals surface area (Å²) >= 11 is 0. The van der Waals surface area contributed by atoms with Crippen LogP contribution in [0.2, 0.25) is 0 Å². The van der Waals surface area contributed by atoms with Crippen molar-refractivity contribution >= 4 is 18.1 Å². The van der Waals surface area contributed by atoms with Crippen LogP contribution < -0.4 is 0 Å². The molecule has 2 N–H and O–H groups in total.